The second-order valence-electron chi connectivity index (χ2n) is 5.05. The number of hydrogen-bond donors (Lipinski definition) is 1. The Balaban J connectivity index is 2.43. The van der Waals surface area contributed by atoms with Gasteiger partial charge < -0.3 is 0 Å². The van der Waals surface area contributed by atoms with Gasteiger partial charge in [0.2, 0.25) is 0 Å². The Kier molecular flexibility index (Phi) is 2.35. The summed E-state index contributed by atoms with van der Waals surface area (Å²) in [6.45, 7) is 2.10. The molecule has 0 fully saturated rings. The molecule has 1 aromatic carbocycles. The van der Waals surface area contributed by atoms with Gasteiger partial charge in [0.15, 0.2) is 0 Å². The fraction of sp³-hybridized carbons (Fsp3) is 0.538. The van der Waals surface area contributed by atoms with Gasteiger partial charge in [-0.15, -0.1) is 0 Å². The van der Waals surface area contributed by atoms with Gasteiger partial charge >= 0.3 is 0 Å². The van der Waals surface area contributed by atoms with Crippen LogP contribution in [0.25, 0.3) is 0 Å². The van der Waals surface area contributed by atoms with Crippen molar-refractivity contribution in [3.63, 3.8) is 0 Å². The third-order valence-electron chi connectivity index (χ3n) is 4.15. The summed E-state index contributed by atoms with van der Waals surface area (Å²) in [6.07, 6.45) is 5.49. The molecule has 2 aliphatic rings. The molecule has 0 aliphatic heterocycles. The van der Waals surface area contributed by atoms with Crippen molar-refractivity contribution in [1.82, 2.24) is 0 Å². The summed E-state index contributed by atoms with van der Waals surface area (Å²) in [4.78, 5) is 0.253. The van der Waals surface area contributed by atoms with E-state index in [0.717, 1.165) is 49.7 Å². The normalized spacial score (nSPS) is 18.2. The first kappa shape index (κ1) is 11.2. The molecule has 17 heavy (non-hydrogen) atoms. The topological polar surface area (TPSA) is 54.4 Å². The minimum absolute atomic E-state index is 0.253. The van der Waals surface area contributed by atoms with Crippen LogP contribution >= 0.6 is 0 Å². The Morgan fingerprint density at radius 1 is 0.882 bits per heavy atom. The molecular weight excluding hydrogens is 236 g/mol. The molecule has 2 aliphatic carbocycles. The molecule has 0 saturated heterocycles. The first-order valence-corrected chi connectivity index (χ1v) is 7.57. The maximum atomic E-state index is 11.6. The Labute approximate surface area is 102 Å². The highest BCUT2D eigenvalue weighted by Crippen LogP contribution is 2.40. The Morgan fingerprint density at radius 2 is 1.29 bits per heavy atom. The third kappa shape index (κ3) is 1.54. The molecule has 0 spiro atoms. The van der Waals surface area contributed by atoms with Crippen LogP contribution in [0.3, 0.4) is 0 Å². The van der Waals surface area contributed by atoms with Crippen LogP contribution in [-0.4, -0.2) is 13.0 Å². The van der Waals surface area contributed by atoms with Crippen LogP contribution in [0.15, 0.2) is 4.90 Å². The van der Waals surface area contributed by atoms with E-state index < -0.39 is 10.1 Å². The van der Waals surface area contributed by atoms with Crippen molar-refractivity contribution in [2.24, 2.45) is 0 Å². The molecule has 0 atom stereocenters. The van der Waals surface area contributed by atoms with Gasteiger partial charge in [0.05, 0.1) is 0 Å². The monoisotopic (exact) mass is 252 g/mol. The second kappa shape index (κ2) is 3.56. The van der Waals surface area contributed by atoms with Gasteiger partial charge in [-0.05, 0) is 73.3 Å². The maximum Gasteiger partial charge on any atom is 0.295 e. The summed E-state index contributed by atoms with van der Waals surface area (Å²) in [5.41, 5.74) is 5.42. The van der Waals surface area contributed by atoms with Crippen molar-refractivity contribution < 1.29 is 13.0 Å². The Bertz CT molecular complexity index is 565. The van der Waals surface area contributed by atoms with Gasteiger partial charge in [0, 0.05) is 0 Å². The van der Waals surface area contributed by atoms with Gasteiger partial charge in [0.25, 0.3) is 10.1 Å². The predicted octanol–water partition coefficient (Wildman–Crippen LogP) is 2.22. The number of benzene rings is 1. The highest BCUT2D eigenvalue weighted by molar-refractivity contribution is 7.86. The number of rotatable bonds is 1. The lowest BCUT2D eigenvalue weighted by Gasteiger charge is -2.15. The standard InChI is InChI=1S/C13H16O3S/c1-8-9-4-2-6-11(9)13(17(14,15)16)12-7-3-5-10(8)12/h2-7H2,1H3,(H,14,15,16). The average molecular weight is 252 g/mol. The molecule has 0 heterocycles. The lowest BCUT2D eigenvalue weighted by molar-refractivity contribution is 0.481. The molecule has 3 rings (SSSR count). The van der Waals surface area contributed by atoms with Crippen molar-refractivity contribution >= 4 is 10.1 Å². The van der Waals surface area contributed by atoms with Crippen molar-refractivity contribution in [3.8, 4) is 0 Å². The number of fused-ring (bicyclic) bond motifs is 2. The summed E-state index contributed by atoms with van der Waals surface area (Å²) in [7, 11) is -4.07. The highest BCUT2D eigenvalue weighted by atomic mass is 32.2. The van der Waals surface area contributed by atoms with Crippen LogP contribution in [0, 0.1) is 6.92 Å². The SMILES string of the molecule is Cc1c2c(c(S(=O)(=O)O)c3c1CCC3)CCC2. The van der Waals surface area contributed by atoms with Crippen LogP contribution in [-0.2, 0) is 35.8 Å². The van der Waals surface area contributed by atoms with Gasteiger partial charge in [-0.25, -0.2) is 0 Å². The first-order chi connectivity index (χ1) is 8.00. The van der Waals surface area contributed by atoms with E-state index in [1.807, 2.05) is 0 Å². The van der Waals surface area contributed by atoms with E-state index >= 15 is 0 Å². The van der Waals surface area contributed by atoms with Crippen LogP contribution < -0.4 is 0 Å². The zero-order valence-electron chi connectivity index (χ0n) is 9.91. The van der Waals surface area contributed by atoms with Crippen LogP contribution in [0.2, 0.25) is 0 Å². The lowest BCUT2D eigenvalue weighted by atomic mass is 9.95. The molecule has 0 aromatic heterocycles. The summed E-state index contributed by atoms with van der Waals surface area (Å²) in [5, 5.41) is 0. The predicted molar refractivity (Wildman–Crippen MR) is 65.0 cm³/mol. The van der Waals surface area contributed by atoms with E-state index in [2.05, 4.69) is 6.92 Å². The minimum atomic E-state index is -4.07. The molecular formula is C13H16O3S. The summed E-state index contributed by atoms with van der Waals surface area (Å²) in [5.74, 6) is 0. The third-order valence-corrected chi connectivity index (χ3v) is 5.16. The second-order valence-corrected chi connectivity index (χ2v) is 6.41. The molecule has 0 unspecified atom stereocenters. The van der Waals surface area contributed by atoms with Crippen molar-refractivity contribution in [3.05, 3.63) is 27.8 Å². The van der Waals surface area contributed by atoms with Crippen molar-refractivity contribution in [2.45, 2.75) is 50.3 Å². The fourth-order valence-electron chi connectivity index (χ4n) is 3.49. The van der Waals surface area contributed by atoms with E-state index in [1.165, 1.54) is 16.7 Å². The van der Waals surface area contributed by atoms with Crippen molar-refractivity contribution in [2.75, 3.05) is 0 Å². The number of hydrogen-bond acceptors (Lipinski definition) is 2. The van der Waals surface area contributed by atoms with Crippen LogP contribution in [0.4, 0.5) is 0 Å². The quantitative estimate of drug-likeness (QED) is 0.780. The van der Waals surface area contributed by atoms with E-state index in [1.54, 1.807) is 0 Å². The summed E-state index contributed by atoms with van der Waals surface area (Å²) in [6, 6.07) is 0. The molecule has 0 bridgehead atoms. The van der Waals surface area contributed by atoms with Gasteiger partial charge in [-0.2, -0.15) is 8.42 Å². The minimum Gasteiger partial charge on any atom is -0.282 e. The van der Waals surface area contributed by atoms with Crippen LogP contribution in [0.5, 0.6) is 0 Å². The molecule has 1 N–H and O–H groups in total. The summed E-state index contributed by atoms with van der Waals surface area (Å²) < 4.78 is 32.7. The van der Waals surface area contributed by atoms with Gasteiger partial charge in [-0.1, -0.05) is 0 Å². The Morgan fingerprint density at radius 3 is 1.71 bits per heavy atom. The molecule has 0 amide bonds. The molecule has 0 radical (unpaired) electrons. The fourth-order valence-corrected chi connectivity index (χ4v) is 4.57. The van der Waals surface area contributed by atoms with E-state index in [4.69, 9.17) is 0 Å². The maximum absolute atomic E-state index is 11.6. The lowest BCUT2D eigenvalue weighted by Crippen LogP contribution is -2.09. The largest absolute Gasteiger partial charge is 0.295 e. The van der Waals surface area contributed by atoms with E-state index in [0.29, 0.717) is 0 Å². The molecule has 1 aromatic rings. The molecule has 92 valence electrons. The smallest absolute Gasteiger partial charge is 0.282 e. The Hall–Kier alpha value is -0.870. The molecule has 4 heteroatoms. The molecule has 3 nitrogen and oxygen atoms in total. The average Bonchev–Trinajstić information content (AvgIpc) is 2.83. The van der Waals surface area contributed by atoms with Gasteiger partial charge in [0.1, 0.15) is 4.90 Å². The highest BCUT2D eigenvalue weighted by Gasteiger charge is 2.31. The van der Waals surface area contributed by atoms with Crippen molar-refractivity contribution in [1.29, 1.82) is 0 Å². The van der Waals surface area contributed by atoms with Crippen LogP contribution in [0.1, 0.15) is 40.7 Å². The zero-order valence-corrected chi connectivity index (χ0v) is 10.7. The summed E-state index contributed by atoms with van der Waals surface area (Å²) >= 11 is 0. The van der Waals surface area contributed by atoms with E-state index in [9.17, 15) is 13.0 Å². The zero-order chi connectivity index (χ0) is 12.2. The van der Waals surface area contributed by atoms with Gasteiger partial charge in [-0.3, -0.25) is 4.55 Å². The first-order valence-electron chi connectivity index (χ1n) is 6.13. The molecule has 0 saturated carbocycles. The van der Waals surface area contributed by atoms with E-state index in [-0.39, 0.29) is 4.90 Å².